The van der Waals surface area contributed by atoms with Gasteiger partial charge >= 0.3 is 6.03 Å². The van der Waals surface area contributed by atoms with Crippen LogP contribution in [0.5, 0.6) is 5.75 Å². The fourth-order valence-corrected chi connectivity index (χ4v) is 2.62. The first-order valence-corrected chi connectivity index (χ1v) is 8.04. The van der Waals surface area contributed by atoms with Crippen LogP contribution in [0.15, 0.2) is 24.3 Å². The Morgan fingerprint density at radius 2 is 1.87 bits per heavy atom. The van der Waals surface area contributed by atoms with Crippen LogP contribution in [0.2, 0.25) is 0 Å². The third-order valence-electron chi connectivity index (χ3n) is 4.02. The van der Waals surface area contributed by atoms with Gasteiger partial charge in [-0.05, 0) is 51.2 Å². The monoisotopic (exact) mass is 321 g/mol. The quantitative estimate of drug-likeness (QED) is 0.873. The van der Waals surface area contributed by atoms with E-state index in [1.807, 2.05) is 43.3 Å². The zero-order valence-electron chi connectivity index (χ0n) is 14.2. The number of likely N-dealkylation sites (N-methyl/N-ethyl adjacent to an activating group) is 1. The van der Waals surface area contributed by atoms with E-state index in [0.717, 1.165) is 44.0 Å². The minimum atomic E-state index is -0.0519. The summed E-state index contributed by atoms with van der Waals surface area (Å²) >= 11 is 0. The number of urea groups is 1. The number of anilines is 1. The molecule has 2 rings (SSSR count). The van der Waals surface area contributed by atoms with Crippen LogP contribution in [0.3, 0.4) is 0 Å². The van der Waals surface area contributed by atoms with Gasteiger partial charge in [-0.2, -0.15) is 0 Å². The third-order valence-corrected chi connectivity index (χ3v) is 4.02. The second kappa shape index (κ2) is 8.74. The van der Waals surface area contributed by atoms with Gasteiger partial charge in [0.25, 0.3) is 0 Å². The second-order valence-corrected chi connectivity index (χ2v) is 6.00. The minimum absolute atomic E-state index is 0.0519. The van der Waals surface area contributed by atoms with E-state index >= 15 is 0 Å². The van der Waals surface area contributed by atoms with Gasteiger partial charge in [-0.15, -0.1) is 0 Å². The molecule has 1 N–H and O–H groups in total. The highest BCUT2D eigenvalue weighted by Crippen LogP contribution is 2.18. The Morgan fingerprint density at radius 3 is 2.43 bits per heavy atom. The molecule has 1 aromatic carbocycles. The number of carbonyl (C=O) groups is 1. The fourth-order valence-electron chi connectivity index (χ4n) is 2.62. The van der Waals surface area contributed by atoms with Crippen molar-refractivity contribution in [3.63, 3.8) is 0 Å². The summed E-state index contributed by atoms with van der Waals surface area (Å²) in [5.41, 5.74) is 0.776. The molecule has 1 aliphatic rings. The summed E-state index contributed by atoms with van der Waals surface area (Å²) in [6, 6.07) is 7.57. The Kier molecular flexibility index (Phi) is 6.67. The van der Waals surface area contributed by atoms with Crippen molar-refractivity contribution in [3.05, 3.63) is 24.3 Å². The van der Waals surface area contributed by atoms with Crippen LogP contribution in [-0.2, 0) is 4.74 Å². The van der Waals surface area contributed by atoms with Crippen molar-refractivity contribution < 1.29 is 14.3 Å². The number of benzene rings is 1. The maximum absolute atomic E-state index is 12.7. The van der Waals surface area contributed by atoms with Crippen LogP contribution >= 0.6 is 0 Å². The van der Waals surface area contributed by atoms with Gasteiger partial charge in [0.1, 0.15) is 5.75 Å². The molecule has 1 heterocycles. The highest BCUT2D eigenvalue weighted by Gasteiger charge is 2.25. The number of rotatable bonds is 6. The highest BCUT2D eigenvalue weighted by atomic mass is 16.5. The van der Waals surface area contributed by atoms with Crippen molar-refractivity contribution >= 4 is 11.7 Å². The lowest BCUT2D eigenvalue weighted by atomic mass is 10.1. The molecule has 6 heteroatoms. The van der Waals surface area contributed by atoms with E-state index in [4.69, 9.17) is 9.47 Å². The number of methoxy groups -OCH3 is 1. The van der Waals surface area contributed by atoms with Crippen LogP contribution < -0.4 is 10.1 Å². The average molecular weight is 321 g/mol. The van der Waals surface area contributed by atoms with Crippen molar-refractivity contribution in [2.75, 3.05) is 52.8 Å². The SMILES string of the molecule is COc1ccc(NC(=O)N(CCN(C)C)C2CCOCC2)cc1. The molecule has 0 aliphatic carbocycles. The first-order valence-electron chi connectivity index (χ1n) is 8.04. The zero-order valence-corrected chi connectivity index (χ0v) is 14.2. The number of hydrogen-bond acceptors (Lipinski definition) is 4. The van der Waals surface area contributed by atoms with Crippen molar-refractivity contribution in [2.45, 2.75) is 18.9 Å². The van der Waals surface area contributed by atoms with Crippen LogP contribution in [0, 0.1) is 0 Å². The molecule has 2 amide bonds. The topological polar surface area (TPSA) is 54.0 Å². The number of hydrogen-bond donors (Lipinski definition) is 1. The lowest BCUT2D eigenvalue weighted by Crippen LogP contribution is -2.48. The summed E-state index contributed by atoms with van der Waals surface area (Å²) < 4.78 is 10.6. The fraction of sp³-hybridized carbons (Fsp3) is 0.588. The molecule has 0 bridgehead atoms. The molecule has 0 unspecified atom stereocenters. The summed E-state index contributed by atoms with van der Waals surface area (Å²) in [7, 11) is 5.66. The molecule has 0 atom stereocenters. The minimum Gasteiger partial charge on any atom is -0.497 e. The molecule has 23 heavy (non-hydrogen) atoms. The number of amides is 2. The predicted molar refractivity (Wildman–Crippen MR) is 91.1 cm³/mol. The van der Waals surface area contributed by atoms with E-state index < -0.39 is 0 Å². The molecule has 128 valence electrons. The smallest absolute Gasteiger partial charge is 0.322 e. The van der Waals surface area contributed by atoms with Gasteiger partial charge in [0.15, 0.2) is 0 Å². The summed E-state index contributed by atoms with van der Waals surface area (Å²) in [4.78, 5) is 16.7. The lowest BCUT2D eigenvalue weighted by Gasteiger charge is -2.35. The van der Waals surface area contributed by atoms with E-state index in [2.05, 4.69) is 10.2 Å². The lowest BCUT2D eigenvalue weighted by molar-refractivity contribution is 0.0466. The van der Waals surface area contributed by atoms with Crippen LogP contribution in [0.25, 0.3) is 0 Å². The molecular formula is C17H27N3O3. The molecule has 0 aromatic heterocycles. The third kappa shape index (κ3) is 5.41. The molecule has 1 aliphatic heterocycles. The standard InChI is InChI=1S/C17H27N3O3/c1-19(2)10-11-20(15-8-12-23-13-9-15)17(21)18-14-4-6-16(22-3)7-5-14/h4-7,15H,8-13H2,1-3H3,(H,18,21). The number of ether oxygens (including phenoxy) is 2. The molecular weight excluding hydrogens is 294 g/mol. The number of nitrogens with one attached hydrogen (secondary N) is 1. The molecule has 0 spiro atoms. The summed E-state index contributed by atoms with van der Waals surface area (Å²) in [5.74, 6) is 0.775. The average Bonchev–Trinajstić information content (AvgIpc) is 2.56. The predicted octanol–water partition coefficient (Wildman–Crippen LogP) is 2.27. The maximum atomic E-state index is 12.7. The normalized spacial score (nSPS) is 15.5. The Labute approximate surface area is 138 Å². The summed E-state index contributed by atoms with van der Waals surface area (Å²) in [5, 5.41) is 2.99. The van der Waals surface area contributed by atoms with Gasteiger partial charge in [0.05, 0.1) is 7.11 Å². The zero-order chi connectivity index (χ0) is 16.7. The molecule has 0 radical (unpaired) electrons. The highest BCUT2D eigenvalue weighted by molar-refractivity contribution is 5.89. The summed E-state index contributed by atoms with van der Waals surface area (Å²) in [6.45, 7) is 2.99. The van der Waals surface area contributed by atoms with Crippen molar-refractivity contribution in [1.82, 2.24) is 9.80 Å². The molecule has 1 fully saturated rings. The molecule has 1 saturated heterocycles. The molecule has 0 saturated carbocycles. The van der Waals surface area contributed by atoms with Crippen LogP contribution in [0.4, 0.5) is 10.5 Å². The number of carbonyl (C=O) groups excluding carboxylic acids is 1. The molecule has 1 aromatic rings. The van der Waals surface area contributed by atoms with Gasteiger partial charge in [0, 0.05) is 38.0 Å². The Morgan fingerprint density at radius 1 is 1.22 bits per heavy atom. The van der Waals surface area contributed by atoms with E-state index in [1.54, 1.807) is 7.11 Å². The van der Waals surface area contributed by atoms with Crippen LogP contribution in [0.1, 0.15) is 12.8 Å². The van der Waals surface area contributed by atoms with Crippen molar-refractivity contribution in [3.8, 4) is 5.75 Å². The first-order chi connectivity index (χ1) is 11.1. The van der Waals surface area contributed by atoms with E-state index in [9.17, 15) is 4.79 Å². The van der Waals surface area contributed by atoms with Crippen molar-refractivity contribution in [2.24, 2.45) is 0 Å². The van der Waals surface area contributed by atoms with Gasteiger partial charge < -0.3 is 24.6 Å². The molecule has 6 nitrogen and oxygen atoms in total. The first kappa shape index (κ1) is 17.6. The Balaban J connectivity index is 2.01. The second-order valence-electron chi connectivity index (χ2n) is 6.00. The van der Waals surface area contributed by atoms with E-state index in [1.165, 1.54) is 0 Å². The summed E-state index contributed by atoms with van der Waals surface area (Å²) in [6.07, 6.45) is 1.78. The van der Waals surface area contributed by atoms with Gasteiger partial charge in [-0.25, -0.2) is 4.79 Å². The van der Waals surface area contributed by atoms with Gasteiger partial charge in [-0.1, -0.05) is 0 Å². The van der Waals surface area contributed by atoms with Crippen molar-refractivity contribution in [1.29, 1.82) is 0 Å². The van der Waals surface area contributed by atoms with E-state index in [0.29, 0.717) is 6.54 Å². The van der Waals surface area contributed by atoms with E-state index in [-0.39, 0.29) is 12.1 Å². The largest absolute Gasteiger partial charge is 0.497 e. The Hall–Kier alpha value is -1.79. The Bertz CT molecular complexity index is 484. The maximum Gasteiger partial charge on any atom is 0.322 e. The number of nitrogens with zero attached hydrogens (tertiary/aromatic N) is 2. The van der Waals surface area contributed by atoms with Crippen LogP contribution in [-0.4, -0.2) is 69.4 Å². The van der Waals surface area contributed by atoms with Gasteiger partial charge in [-0.3, -0.25) is 0 Å². The van der Waals surface area contributed by atoms with Gasteiger partial charge in [0.2, 0.25) is 0 Å².